The third-order valence-corrected chi connectivity index (χ3v) is 1.20. The first-order valence-electron chi connectivity index (χ1n) is 2.20. The van der Waals surface area contributed by atoms with Gasteiger partial charge in [0, 0.05) is 6.54 Å². The van der Waals surface area contributed by atoms with E-state index < -0.39 is 0 Å². The van der Waals surface area contributed by atoms with Crippen molar-refractivity contribution in [3.8, 4) is 0 Å². The molecule has 1 aliphatic heterocycles. The van der Waals surface area contributed by atoms with Crippen LogP contribution < -0.4 is 4.72 Å². The SMILES string of the molecule is C1=COSNCC1. The van der Waals surface area contributed by atoms with E-state index in [1.165, 1.54) is 12.2 Å². The van der Waals surface area contributed by atoms with Crippen molar-refractivity contribution in [2.45, 2.75) is 6.42 Å². The van der Waals surface area contributed by atoms with Gasteiger partial charge in [-0.3, -0.25) is 0 Å². The highest BCUT2D eigenvalue weighted by molar-refractivity contribution is 7.92. The van der Waals surface area contributed by atoms with Gasteiger partial charge in [-0.05, 0) is 12.5 Å². The molecule has 0 aliphatic carbocycles. The van der Waals surface area contributed by atoms with E-state index in [9.17, 15) is 0 Å². The number of nitrogens with one attached hydrogen (secondary N) is 1. The largest absolute Gasteiger partial charge is 0.418 e. The lowest BCUT2D eigenvalue weighted by Gasteiger charge is -1.91. The highest BCUT2D eigenvalue weighted by atomic mass is 32.2. The molecule has 0 radical (unpaired) electrons. The lowest BCUT2D eigenvalue weighted by molar-refractivity contribution is 0.563. The van der Waals surface area contributed by atoms with Crippen LogP contribution in [0.4, 0.5) is 0 Å². The molecule has 1 N–H and O–H groups in total. The molecular weight excluding hydrogens is 110 g/mol. The number of hydrogen-bond donors (Lipinski definition) is 1. The molecule has 1 heterocycles. The smallest absolute Gasteiger partial charge is 0.143 e. The van der Waals surface area contributed by atoms with E-state index in [4.69, 9.17) is 4.18 Å². The molecule has 0 fully saturated rings. The van der Waals surface area contributed by atoms with E-state index in [-0.39, 0.29) is 0 Å². The van der Waals surface area contributed by atoms with Gasteiger partial charge in [0.2, 0.25) is 0 Å². The van der Waals surface area contributed by atoms with Crippen LogP contribution in [0.3, 0.4) is 0 Å². The van der Waals surface area contributed by atoms with E-state index in [1.807, 2.05) is 6.08 Å². The quantitative estimate of drug-likeness (QED) is 0.379. The fraction of sp³-hybridized carbons (Fsp3) is 0.500. The molecule has 0 unspecified atom stereocenters. The van der Waals surface area contributed by atoms with Gasteiger partial charge in [0.15, 0.2) is 0 Å². The normalized spacial score (nSPS) is 20.6. The topological polar surface area (TPSA) is 21.3 Å². The summed E-state index contributed by atoms with van der Waals surface area (Å²) in [5.41, 5.74) is 0. The van der Waals surface area contributed by atoms with Crippen molar-refractivity contribution in [2.24, 2.45) is 0 Å². The molecule has 7 heavy (non-hydrogen) atoms. The van der Waals surface area contributed by atoms with Gasteiger partial charge in [0.25, 0.3) is 0 Å². The van der Waals surface area contributed by atoms with Crippen LogP contribution in [0.15, 0.2) is 12.3 Å². The van der Waals surface area contributed by atoms with E-state index in [0.717, 1.165) is 13.0 Å². The minimum atomic E-state index is 1.00. The fourth-order valence-electron chi connectivity index (χ4n) is 0.353. The molecule has 0 amide bonds. The molecule has 3 heteroatoms. The third kappa shape index (κ3) is 1.85. The van der Waals surface area contributed by atoms with Crippen LogP contribution in [0, 0.1) is 0 Å². The lowest BCUT2D eigenvalue weighted by atomic mass is 10.4. The van der Waals surface area contributed by atoms with Gasteiger partial charge in [-0.1, -0.05) is 0 Å². The second kappa shape index (κ2) is 2.93. The molecule has 0 bridgehead atoms. The Labute approximate surface area is 47.3 Å². The van der Waals surface area contributed by atoms with Crippen molar-refractivity contribution in [3.05, 3.63) is 12.3 Å². The monoisotopic (exact) mass is 117 g/mol. The second-order valence-corrected chi connectivity index (χ2v) is 1.88. The number of hydrogen-bond acceptors (Lipinski definition) is 3. The summed E-state index contributed by atoms with van der Waals surface area (Å²) in [7, 11) is 0. The summed E-state index contributed by atoms with van der Waals surface area (Å²) in [6, 6.07) is 0. The van der Waals surface area contributed by atoms with Crippen LogP contribution in [0.1, 0.15) is 6.42 Å². The van der Waals surface area contributed by atoms with Crippen LogP contribution in [-0.2, 0) is 4.18 Å². The highest BCUT2D eigenvalue weighted by Gasteiger charge is 1.87. The fourth-order valence-corrected chi connectivity index (χ4v) is 0.756. The predicted octanol–water partition coefficient (Wildman–Crippen LogP) is 1.07. The van der Waals surface area contributed by atoms with Gasteiger partial charge in [0.05, 0.1) is 6.26 Å². The van der Waals surface area contributed by atoms with Gasteiger partial charge >= 0.3 is 0 Å². The van der Waals surface area contributed by atoms with E-state index in [1.54, 1.807) is 6.26 Å². The maximum absolute atomic E-state index is 4.82. The summed E-state index contributed by atoms with van der Waals surface area (Å²) in [5.74, 6) is 0. The van der Waals surface area contributed by atoms with Crippen molar-refractivity contribution in [2.75, 3.05) is 6.54 Å². The lowest BCUT2D eigenvalue weighted by Crippen LogP contribution is -2.01. The van der Waals surface area contributed by atoms with E-state index in [2.05, 4.69) is 4.72 Å². The first kappa shape index (κ1) is 5.00. The zero-order chi connectivity index (χ0) is 4.95. The minimum absolute atomic E-state index is 1.00. The Morgan fingerprint density at radius 1 is 1.71 bits per heavy atom. The van der Waals surface area contributed by atoms with Crippen LogP contribution in [0.5, 0.6) is 0 Å². The van der Waals surface area contributed by atoms with Crippen molar-refractivity contribution in [1.82, 2.24) is 4.72 Å². The molecule has 0 saturated carbocycles. The third-order valence-electron chi connectivity index (χ3n) is 0.672. The predicted molar refractivity (Wildman–Crippen MR) is 30.4 cm³/mol. The molecule has 0 aromatic rings. The van der Waals surface area contributed by atoms with Gasteiger partial charge in [-0.25, -0.2) is 4.72 Å². The summed E-state index contributed by atoms with van der Waals surface area (Å²) in [6.07, 6.45) is 4.75. The van der Waals surface area contributed by atoms with Crippen LogP contribution in [0.2, 0.25) is 0 Å². The van der Waals surface area contributed by atoms with Crippen molar-refractivity contribution >= 4 is 12.2 Å². The Kier molecular flexibility index (Phi) is 2.09. The van der Waals surface area contributed by atoms with E-state index >= 15 is 0 Å². The molecule has 0 aromatic heterocycles. The summed E-state index contributed by atoms with van der Waals surface area (Å²) >= 11 is 1.28. The summed E-state index contributed by atoms with van der Waals surface area (Å²) in [6.45, 7) is 1.00. The summed E-state index contributed by atoms with van der Waals surface area (Å²) < 4.78 is 7.80. The molecule has 0 aromatic carbocycles. The number of rotatable bonds is 0. The average molecular weight is 117 g/mol. The standard InChI is InChI=1S/C4H7NOS/c1-2-4-6-7-5-3-1/h2,4-5H,1,3H2. The zero-order valence-electron chi connectivity index (χ0n) is 3.89. The van der Waals surface area contributed by atoms with Gasteiger partial charge in [-0.15, -0.1) is 0 Å². The average Bonchev–Trinajstić information content (AvgIpc) is 1.90. The molecule has 0 atom stereocenters. The highest BCUT2D eigenvalue weighted by Crippen LogP contribution is 2.01. The first-order chi connectivity index (χ1) is 3.50. The first-order valence-corrected chi connectivity index (χ1v) is 2.94. The van der Waals surface area contributed by atoms with Crippen LogP contribution in [0.25, 0.3) is 0 Å². The molecular formula is C4H7NOS. The Balaban J connectivity index is 2.20. The summed E-state index contributed by atoms with van der Waals surface area (Å²) in [4.78, 5) is 0. The zero-order valence-corrected chi connectivity index (χ0v) is 4.70. The molecule has 0 spiro atoms. The Morgan fingerprint density at radius 2 is 2.71 bits per heavy atom. The molecule has 2 nitrogen and oxygen atoms in total. The Bertz CT molecular complexity index is 66.1. The van der Waals surface area contributed by atoms with Crippen LogP contribution in [-0.4, -0.2) is 6.54 Å². The minimum Gasteiger partial charge on any atom is -0.418 e. The van der Waals surface area contributed by atoms with Crippen molar-refractivity contribution < 1.29 is 4.18 Å². The Hall–Kier alpha value is -0.150. The maximum atomic E-state index is 4.82. The second-order valence-electron chi connectivity index (χ2n) is 1.23. The van der Waals surface area contributed by atoms with Gasteiger partial charge < -0.3 is 4.18 Å². The molecule has 1 rings (SSSR count). The molecule has 1 aliphatic rings. The molecule has 0 saturated heterocycles. The van der Waals surface area contributed by atoms with Gasteiger partial charge in [-0.2, -0.15) is 0 Å². The maximum Gasteiger partial charge on any atom is 0.143 e. The van der Waals surface area contributed by atoms with Crippen LogP contribution >= 0.6 is 12.2 Å². The van der Waals surface area contributed by atoms with E-state index in [0.29, 0.717) is 0 Å². The van der Waals surface area contributed by atoms with Crippen molar-refractivity contribution in [3.63, 3.8) is 0 Å². The van der Waals surface area contributed by atoms with Crippen molar-refractivity contribution in [1.29, 1.82) is 0 Å². The van der Waals surface area contributed by atoms with Gasteiger partial charge in [0.1, 0.15) is 12.2 Å². The molecule has 40 valence electrons. The Morgan fingerprint density at radius 3 is 3.71 bits per heavy atom. The summed E-state index contributed by atoms with van der Waals surface area (Å²) in [5, 5.41) is 0.